The highest BCUT2D eigenvalue weighted by Gasteiger charge is 2.26. The largest absolute Gasteiger partial charge is 0.360 e. The van der Waals surface area contributed by atoms with Gasteiger partial charge in [0, 0.05) is 28.7 Å². The van der Waals surface area contributed by atoms with Crippen LogP contribution in [0, 0.1) is 0 Å². The molecule has 0 radical (unpaired) electrons. The van der Waals surface area contributed by atoms with Crippen LogP contribution in [0.25, 0.3) is 10.9 Å². The van der Waals surface area contributed by atoms with E-state index in [2.05, 4.69) is 59.3 Å². The number of aryl methyl sites for hydroxylation is 2. The van der Waals surface area contributed by atoms with Crippen LogP contribution in [0.5, 0.6) is 0 Å². The third kappa shape index (κ3) is 3.90. The van der Waals surface area contributed by atoms with Crippen LogP contribution in [0.2, 0.25) is 0 Å². The van der Waals surface area contributed by atoms with Gasteiger partial charge < -0.3 is 9.88 Å². The van der Waals surface area contributed by atoms with E-state index in [0.717, 1.165) is 55.1 Å². The first-order valence-corrected chi connectivity index (χ1v) is 10.6. The maximum Gasteiger partial charge on any atom is 0.152 e. The minimum absolute atomic E-state index is 0.572. The van der Waals surface area contributed by atoms with Crippen LogP contribution in [-0.4, -0.2) is 35.3 Å². The molecule has 1 aliphatic carbocycles. The standard InChI is InChI=1S/C25H30N2O/c1-2-14-27(15-6-9-19-7-4-3-5-8-19)22-12-10-20-11-13-24-25(23(20)16-22)21(18-28)17-26-24/h3-5,7-8,11,13,17-18,22,26H,2,6,9-10,12,14-16H2,1H3/t22-/m1/s1. The molecule has 1 atom stereocenters. The van der Waals surface area contributed by atoms with Crippen LogP contribution >= 0.6 is 0 Å². The predicted octanol–water partition coefficient (Wildman–Crippen LogP) is 5.18. The quantitative estimate of drug-likeness (QED) is 0.551. The van der Waals surface area contributed by atoms with E-state index in [0.29, 0.717) is 6.04 Å². The normalized spacial score (nSPS) is 16.4. The fourth-order valence-electron chi connectivity index (χ4n) is 4.80. The van der Waals surface area contributed by atoms with E-state index < -0.39 is 0 Å². The first-order chi connectivity index (χ1) is 13.8. The number of carbonyl (C=O) groups is 1. The third-order valence-electron chi connectivity index (χ3n) is 6.18. The number of rotatable bonds is 8. The molecule has 0 unspecified atom stereocenters. The lowest BCUT2D eigenvalue weighted by Gasteiger charge is -2.35. The van der Waals surface area contributed by atoms with Crippen molar-refractivity contribution in [2.75, 3.05) is 13.1 Å². The Balaban J connectivity index is 1.50. The molecule has 0 amide bonds. The summed E-state index contributed by atoms with van der Waals surface area (Å²) in [5.41, 5.74) is 6.14. The number of aromatic amines is 1. The molecule has 0 bridgehead atoms. The van der Waals surface area contributed by atoms with Crippen molar-refractivity contribution < 1.29 is 4.79 Å². The van der Waals surface area contributed by atoms with Gasteiger partial charge in [-0.3, -0.25) is 4.79 Å². The molecule has 1 aliphatic rings. The van der Waals surface area contributed by atoms with Crippen LogP contribution in [0.1, 0.15) is 53.2 Å². The number of fused-ring (bicyclic) bond motifs is 3. The Kier molecular flexibility index (Phi) is 5.92. The zero-order valence-electron chi connectivity index (χ0n) is 16.8. The molecule has 3 nitrogen and oxygen atoms in total. The van der Waals surface area contributed by atoms with E-state index in [1.165, 1.54) is 36.0 Å². The molecule has 1 N–H and O–H groups in total. The lowest BCUT2D eigenvalue weighted by molar-refractivity contribution is 0.112. The van der Waals surface area contributed by atoms with Gasteiger partial charge in [0.2, 0.25) is 0 Å². The lowest BCUT2D eigenvalue weighted by atomic mass is 9.84. The van der Waals surface area contributed by atoms with E-state index >= 15 is 0 Å². The van der Waals surface area contributed by atoms with Gasteiger partial charge in [0.15, 0.2) is 6.29 Å². The van der Waals surface area contributed by atoms with Crippen molar-refractivity contribution in [2.24, 2.45) is 0 Å². The summed E-state index contributed by atoms with van der Waals surface area (Å²) in [6, 6.07) is 15.7. The minimum Gasteiger partial charge on any atom is -0.360 e. The average Bonchev–Trinajstić information content (AvgIpc) is 3.17. The highest BCUT2D eigenvalue weighted by atomic mass is 16.1. The van der Waals surface area contributed by atoms with Crippen LogP contribution in [0.4, 0.5) is 0 Å². The molecular formula is C25H30N2O. The molecule has 4 rings (SSSR count). The topological polar surface area (TPSA) is 36.1 Å². The minimum atomic E-state index is 0.572. The van der Waals surface area contributed by atoms with E-state index in [4.69, 9.17) is 0 Å². The molecule has 146 valence electrons. The van der Waals surface area contributed by atoms with Crippen molar-refractivity contribution >= 4 is 17.2 Å². The van der Waals surface area contributed by atoms with Gasteiger partial charge in [-0.1, -0.05) is 43.3 Å². The van der Waals surface area contributed by atoms with Crippen molar-refractivity contribution in [1.82, 2.24) is 9.88 Å². The van der Waals surface area contributed by atoms with E-state index in [-0.39, 0.29) is 0 Å². The summed E-state index contributed by atoms with van der Waals surface area (Å²) in [5.74, 6) is 0. The summed E-state index contributed by atoms with van der Waals surface area (Å²) in [7, 11) is 0. The number of benzene rings is 2. The van der Waals surface area contributed by atoms with Crippen molar-refractivity contribution in [3.63, 3.8) is 0 Å². The van der Waals surface area contributed by atoms with E-state index in [1.807, 2.05) is 6.20 Å². The Morgan fingerprint density at radius 1 is 1.14 bits per heavy atom. The van der Waals surface area contributed by atoms with Gasteiger partial charge in [-0.2, -0.15) is 0 Å². The second kappa shape index (κ2) is 8.74. The van der Waals surface area contributed by atoms with Gasteiger partial charge in [0.25, 0.3) is 0 Å². The van der Waals surface area contributed by atoms with Gasteiger partial charge in [0.05, 0.1) is 0 Å². The highest BCUT2D eigenvalue weighted by molar-refractivity contribution is 5.99. The van der Waals surface area contributed by atoms with E-state index in [1.54, 1.807) is 0 Å². The number of nitrogens with zero attached hydrogens (tertiary/aromatic N) is 1. The molecule has 0 aliphatic heterocycles. The molecule has 0 saturated carbocycles. The van der Waals surface area contributed by atoms with Crippen molar-refractivity contribution in [3.05, 3.63) is 70.9 Å². The van der Waals surface area contributed by atoms with Crippen LogP contribution < -0.4 is 0 Å². The summed E-state index contributed by atoms with van der Waals surface area (Å²) in [6.07, 6.45) is 9.74. The van der Waals surface area contributed by atoms with Gasteiger partial charge in [-0.05, 0) is 74.4 Å². The number of nitrogens with one attached hydrogen (secondary N) is 1. The smallest absolute Gasteiger partial charge is 0.152 e. The molecule has 0 fully saturated rings. The second-order valence-corrected chi connectivity index (χ2v) is 8.01. The Hall–Kier alpha value is -2.39. The molecule has 0 spiro atoms. The number of H-pyrrole nitrogens is 1. The maximum atomic E-state index is 11.5. The number of hydrogen-bond donors (Lipinski definition) is 1. The molecule has 1 heterocycles. The van der Waals surface area contributed by atoms with Crippen molar-refractivity contribution in [1.29, 1.82) is 0 Å². The molecule has 0 saturated heterocycles. The molecule has 2 aromatic carbocycles. The van der Waals surface area contributed by atoms with Crippen molar-refractivity contribution in [2.45, 2.75) is 51.5 Å². The van der Waals surface area contributed by atoms with Gasteiger partial charge in [-0.25, -0.2) is 0 Å². The van der Waals surface area contributed by atoms with Gasteiger partial charge in [-0.15, -0.1) is 0 Å². The first kappa shape index (κ1) is 18.9. The Bertz CT molecular complexity index is 928. The summed E-state index contributed by atoms with van der Waals surface area (Å²) in [4.78, 5) is 17.5. The van der Waals surface area contributed by atoms with Gasteiger partial charge in [0.1, 0.15) is 0 Å². The van der Waals surface area contributed by atoms with E-state index in [9.17, 15) is 4.79 Å². The lowest BCUT2D eigenvalue weighted by Crippen LogP contribution is -2.40. The third-order valence-corrected chi connectivity index (χ3v) is 6.18. The maximum absolute atomic E-state index is 11.5. The Morgan fingerprint density at radius 2 is 2.00 bits per heavy atom. The zero-order valence-corrected chi connectivity index (χ0v) is 16.8. The Morgan fingerprint density at radius 3 is 2.79 bits per heavy atom. The first-order valence-electron chi connectivity index (χ1n) is 10.6. The van der Waals surface area contributed by atoms with Crippen LogP contribution in [0.3, 0.4) is 0 Å². The fraction of sp³-hybridized carbons (Fsp3) is 0.400. The SMILES string of the molecule is CCCN(CCCc1ccccc1)[C@@H]1CCc2ccc3[nH]cc(C=O)c3c2C1. The predicted molar refractivity (Wildman–Crippen MR) is 116 cm³/mol. The number of aromatic nitrogens is 1. The van der Waals surface area contributed by atoms with Crippen LogP contribution in [0.15, 0.2) is 48.7 Å². The summed E-state index contributed by atoms with van der Waals surface area (Å²) < 4.78 is 0. The summed E-state index contributed by atoms with van der Waals surface area (Å²) in [6.45, 7) is 4.57. The zero-order chi connectivity index (χ0) is 19.3. The monoisotopic (exact) mass is 374 g/mol. The molecular weight excluding hydrogens is 344 g/mol. The molecule has 3 aromatic rings. The van der Waals surface area contributed by atoms with Crippen LogP contribution in [-0.2, 0) is 19.3 Å². The van der Waals surface area contributed by atoms with Crippen molar-refractivity contribution in [3.8, 4) is 0 Å². The molecule has 1 aromatic heterocycles. The van der Waals surface area contributed by atoms with Gasteiger partial charge >= 0.3 is 0 Å². The summed E-state index contributed by atoms with van der Waals surface area (Å²) >= 11 is 0. The fourth-order valence-corrected chi connectivity index (χ4v) is 4.80. The number of hydrogen-bond acceptors (Lipinski definition) is 2. The second-order valence-electron chi connectivity index (χ2n) is 8.01. The molecule has 3 heteroatoms. The Labute approximate surface area is 167 Å². The molecule has 28 heavy (non-hydrogen) atoms. The number of carbonyl (C=O) groups excluding carboxylic acids is 1. The summed E-state index contributed by atoms with van der Waals surface area (Å²) in [5, 5.41) is 1.15. The number of aldehydes is 1. The highest BCUT2D eigenvalue weighted by Crippen LogP contribution is 2.32. The average molecular weight is 375 g/mol.